The molecule has 0 bridgehead atoms. The smallest absolute Gasteiger partial charge is 0.462 e. The summed E-state index contributed by atoms with van der Waals surface area (Å²) in [6.45, 7) is 1.58. The summed E-state index contributed by atoms with van der Waals surface area (Å²) in [4.78, 5) is 73.8. The average molecular weight is 1460 g/mol. The molecule has 3 aliphatic rings. The van der Waals surface area contributed by atoms with Crippen LogP contribution in [-0.4, -0.2) is 238 Å². The van der Waals surface area contributed by atoms with Gasteiger partial charge in [0, 0.05) is 45.7 Å². The molecule has 13 N–H and O–H groups in total. The molecule has 100 heavy (non-hydrogen) atoms. The highest BCUT2D eigenvalue weighted by atomic mass is 31.2. The minimum atomic E-state index is -4.73. The van der Waals surface area contributed by atoms with Gasteiger partial charge in [-0.05, 0) is 83.5 Å². The lowest BCUT2D eigenvalue weighted by Crippen LogP contribution is -2.68. The van der Waals surface area contributed by atoms with Crippen molar-refractivity contribution in [1.29, 1.82) is 0 Å². The number of carbonyl (C=O) groups excluding carboxylic acids is 5. The number of esters is 2. The molecule has 0 radical (unpaired) electrons. The third kappa shape index (κ3) is 38.4. The van der Waals surface area contributed by atoms with Crippen molar-refractivity contribution < 1.29 is 126 Å². The van der Waals surface area contributed by atoms with Gasteiger partial charge < -0.3 is 105 Å². The Kier molecular flexibility index (Phi) is 49.7. The monoisotopic (exact) mass is 1460 g/mol. The highest BCUT2D eigenvalue weighted by Gasteiger charge is 2.54. The molecule has 0 aromatic heterocycles. The number of nitrogens with one attached hydrogen (secondary N) is 3. The van der Waals surface area contributed by atoms with Crippen LogP contribution in [0.15, 0.2) is 24.3 Å². The lowest BCUT2D eigenvalue weighted by atomic mass is 9.95. The van der Waals surface area contributed by atoms with Crippen LogP contribution in [0.2, 0.25) is 0 Å². The number of rotatable bonds is 58. The van der Waals surface area contributed by atoms with Gasteiger partial charge in [-0.2, -0.15) is 0 Å². The largest absolute Gasteiger partial charge is 0.472 e. The molecule has 0 aliphatic carbocycles. The Morgan fingerprint density at radius 1 is 0.460 bits per heavy atom. The number of phosphoric ester groups is 1. The van der Waals surface area contributed by atoms with Gasteiger partial charge in [0.1, 0.15) is 79.8 Å². The van der Waals surface area contributed by atoms with E-state index in [1.54, 1.807) is 0 Å². The number of aliphatic hydroxyl groups is 9. The van der Waals surface area contributed by atoms with Gasteiger partial charge in [0.15, 0.2) is 25.0 Å². The SMILES string of the molecule is CCCCCCCC/C=C\CCCCCCCC(=O)OC[C@H](COP(=O)(O)OCCNC(=O)CCCCC(=O)NCCCOC1OC(CO)C(OC2OC(CO)C(O)C(OC3OC(CO)C(O)C(O)C3O)C2O)C(O)C1NC(C)=O)OC(=O)CCCCCCC/C=C\CCCCCCCC. The Balaban J connectivity index is 1.37. The van der Waals surface area contributed by atoms with Crippen LogP contribution >= 0.6 is 7.82 Å². The van der Waals surface area contributed by atoms with E-state index in [0.717, 1.165) is 84.0 Å². The van der Waals surface area contributed by atoms with Crippen molar-refractivity contribution in [3.63, 3.8) is 0 Å². The van der Waals surface area contributed by atoms with Crippen molar-refractivity contribution in [2.75, 3.05) is 59.3 Å². The summed E-state index contributed by atoms with van der Waals surface area (Å²) in [5, 5.41) is 103. The Morgan fingerprint density at radius 3 is 1.43 bits per heavy atom. The van der Waals surface area contributed by atoms with Crippen LogP contribution in [-0.2, 0) is 75.5 Å². The van der Waals surface area contributed by atoms with E-state index >= 15 is 0 Å². The summed E-state index contributed by atoms with van der Waals surface area (Å²) in [7, 11) is -4.73. The molecule has 3 aliphatic heterocycles. The summed E-state index contributed by atoms with van der Waals surface area (Å²) in [5.41, 5.74) is 0. The van der Waals surface area contributed by atoms with Crippen molar-refractivity contribution in [1.82, 2.24) is 16.0 Å². The molecule has 0 aromatic carbocycles. The first-order chi connectivity index (χ1) is 48.2. The quantitative estimate of drug-likeness (QED) is 0.0156. The summed E-state index contributed by atoms with van der Waals surface area (Å²) in [5.74, 6) is -2.41. The summed E-state index contributed by atoms with van der Waals surface area (Å²) >= 11 is 0. The summed E-state index contributed by atoms with van der Waals surface area (Å²) in [6, 6.07) is -1.36. The Morgan fingerprint density at radius 2 is 0.910 bits per heavy atom. The van der Waals surface area contributed by atoms with Gasteiger partial charge in [-0.15, -0.1) is 0 Å². The van der Waals surface area contributed by atoms with Crippen LogP contribution in [0.5, 0.6) is 0 Å². The second kappa shape index (κ2) is 54.9. The number of hydrogen-bond acceptors (Lipinski definition) is 25. The van der Waals surface area contributed by atoms with Gasteiger partial charge in [-0.1, -0.05) is 141 Å². The molecule has 30 heteroatoms. The number of phosphoric acid groups is 1. The van der Waals surface area contributed by atoms with E-state index < -0.39 is 163 Å². The van der Waals surface area contributed by atoms with Crippen LogP contribution in [0.1, 0.15) is 233 Å². The second-order valence-corrected chi connectivity index (χ2v) is 27.7. The topological polar surface area (TPSA) is 433 Å². The minimum Gasteiger partial charge on any atom is -0.462 e. The molecule has 3 amide bonds. The van der Waals surface area contributed by atoms with Crippen LogP contribution in [0.4, 0.5) is 0 Å². The van der Waals surface area contributed by atoms with E-state index in [4.69, 9.17) is 46.9 Å². The number of carbonyl (C=O) groups is 5. The van der Waals surface area contributed by atoms with Crippen molar-refractivity contribution in [3.8, 4) is 0 Å². The number of hydrogen-bond donors (Lipinski definition) is 13. The third-order valence-electron chi connectivity index (χ3n) is 17.6. The molecule has 29 nitrogen and oxygen atoms in total. The Bertz CT molecular complexity index is 2290. The van der Waals surface area contributed by atoms with Gasteiger partial charge >= 0.3 is 19.8 Å². The standard InChI is InChI=1S/C70H126N3O26P/c1-4-6-8-10-12-14-16-18-20-22-24-26-28-30-32-39-57(80)91-48-51(94-58(81)40-33-31-29-27-25-23-21-19-17-15-13-11-9-7-5-2)49-93-100(88,89)92-44-42-72-56(79)38-35-34-37-55(78)71-41-36-43-90-68-59(73-50(3)77)62(84)66(54(47-76)97-68)98-70-65(87)67(61(83)53(46-75)96-70)99-69-64(86)63(85)60(82)52(45-74)95-69/h18-21,51-54,59-70,74-76,82-87H,4-17,22-49H2,1-3H3,(H,71,78)(H,72,79)(H,73,77)(H,88,89)/b20-18-,21-19-/t51-,52?,53?,54?,59?,60?,61?,62?,63?,64?,65?,66?,67?,68?,69?,70?/m1/s1. The van der Waals surface area contributed by atoms with Gasteiger partial charge in [0.25, 0.3) is 0 Å². The van der Waals surface area contributed by atoms with E-state index in [1.165, 1.54) is 77.0 Å². The zero-order valence-electron chi connectivity index (χ0n) is 59.7. The highest BCUT2D eigenvalue weighted by Crippen LogP contribution is 2.43. The molecule has 3 fully saturated rings. The number of amides is 3. The molecule has 3 saturated heterocycles. The second-order valence-electron chi connectivity index (χ2n) is 26.2. The number of ether oxygens (including phenoxy) is 8. The maximum absolute atomic E-state index is 13.0. The normalized spacial score (nSPS) is 26.5. The molecule has 3 heterocycles. The first-order valence-electron chi connectivity index (χ1n) is 37.1. The summed E-state index contributed by atoms with van der Waals surface area (Å²) in [6.07, 6.45) is 14.1. The lowest BCUT2D eigenvalue weighted by Gasteiger charge is -2.48. The van der Waals surface area contributed by atoms with Crippen LogP contribution in [0.25, 0.3) is 0 Å². The molecule has 0 saturated carbocycles. The minimum absolute atomic E-state index is 0.0267. The zero-order chi connectivity index (χ0) is 73.3. The van der Waals surface area contributed by atoms with Crippen molar-refractivity contribution in [3.05, 3.63) is 24.3 Å². The summed E-state index contributed by atoms with van der Waals surface area (Å²) < 4.78 is 68.4. The van der Waals surface area contributed by atoms with E-state index in [-0.39, 0.29) is 64.3 Å². The van der Waals surface area contributed by atoms with Gasteiger partial charge in [-0.25, -0.2) is 4.57 Å². The number of unbranched alkanes of at least 4 members (excludes halogenated alkanes) is 23. The van der Waals surface area contributed by atoms with Crippen molar-refractivity contribution >= 4 is 37.5 Å². The number of aliphatic hydroxyl groups excluding tert-OH is 9. The third-order valence-corrected chi connectivity index (χ3v) is 18.6. The molecule has 3 rings (SSSR count). The fourth-order valence-electron chi connectivity index (χ4n) is 11.7. The molecule has 0 aromatic rings. The molecular weight excluding hydrogens is 1330 g/mol. The van der Waals surface area contributed by atoms with E-state index in [1.807, 2.05) is 0 Å². The first kappa shape index (κ1) is 90.6. The molecule has 0 spiro atoms. The maximum atomic E-state index is 13.0. The Hall–Kier alpha value is -3.66. The van der Waals surface area contributed by atoms with Gasteiger partial charge in [0.2, 0.25) is 17.7 Å². The van der Waals surface area contributed by atoms with Gasteiger partial charge in [0.05, 0.1) is 39.6 Å². The lowest BCUT2D eigenvalue weighted by molar-refractivity contribution is -0.376. The van der Waals surface area contributed by atoms with E-state index in [0.29, 0.717) is 25.7 Å². The van der Waals surface area contributed by atoms with Crippen LogP contribution in [0.3, 0.4) is 0 Å². The predicted molar refractivity (Wildman–Crippen MR) is 367 cm³/mol. The molecular formula is C70H126N3O26P. The van der Waals surface area contributed by atoms with Gasteiger partial charge in [-0.3, -0.25) is 33.0 Å². The first-order valence-corrected chi connectivity index (χ1v) is 38.6. The zero-order valence-corrected chi connectivity index (χ0v) is 60.6. The van der Waals surface area contributed by atoms with E-state index in [2.05, 4.69) is 54.1 Å². The molecule has 582 valence electrons. The number of allylic oxidation sites excluding steroid dienone is 4. The Labute approximate surface area is 592 Å². The fraction of sp³-hybridized carbons (Fsp3) is 0.871. The highest BCUT2D eigenvalue weighted by molar-refractivity contribution is 7.47. The van der Waals surface area contributed by atoms with Crippen molar-refractivity contribution in [2.45, 2.75) is 331 Å². The molecule has 17 atom stereocenters. The predicted octanol–water partition coefficient (Wildman–Crippen LogP) is 5.44. The van der Waals surface area contributed by atoms with E-state index in [9.17, 15) is 79.4 Å². The van der Waals surface area contributed by atoms with Crippen molar-refractivity contribution in [2.24, 2.45) is 0 Å². The fourth-order valence-corrected chi connectivity index (χ4v) is 12.4. The maximum Gasteiger partial charge on any atom is 0.472 e. The average Bonchev–Trinajstić information content (AvgIpc) is 0.781. The molecule has 16 unspecified atom stereocenters. The van der Waals surface area contributed by atoms with Crippen LogP contribution in [0, 0.1) is 0 Å². The van der Waals surface area contributed by atoms with Crippen LogP contribution < -0.4 is 16.0 Å².